The molecule has 0 amide bonds. The lowest BCUT2D eigenvalue weighted by molar-refractivity contribution is 0.668. The van der Waals surface area contributed by atoms with Crippen molar-refractivity contribution in [2.24, 2.45) is 0 Å². The highest BCUT2D eigenvalue weighted by Gasteiger charge is 2.21. The number of rotatable bonds is 4. The Kier molecular flexibility index (Phi) is 5.43. The van der Waals surface area contributed by atoms with Crippen molar-refractivity contribution in [1.29, 1.82) is 0 Å². The van der Waals surface area contributed by atoms with Crippen LogP contribution in [0.5, 0.6) is 0 Å². The predicted octanol–water partition coefficient (Wildman–Crippen LogP) is 10.3. The van der Waals surface area contributed by atoms with Crippen molar-refractivity contribution in [3.63, 3.8) is 0 Å². The predicted molar refractivity (Wildman–Crippen MR) is 176 cm³/mol. The quantitative estimate of drug-likeness (QED) is 0.212. The van der Waals surface area contributed by atoms with Crippen LogP contribution in [0.15, 0.2) is 148 Å². The summed E-state index contributed by atoms with van der Waals surface area (Å²) < 4.78 is 12.6. The van der Waals surface area contributed by atoms with Crippen molar-refractivity contribution in [1.82, 2.24) is 15.0 Å². The second kappa shape index (κ2) is 9.75. The van der Waals surface area contributed by atoms with Gasteiger partial charge in [0.1, 0.15) is 22.3 Å². The number of furan rings is 2. The lowest BCUT2D eigenvalue weighted by Gasteiger charge is -2.10. The third-order valence-corrected chi connectivity index (χ3v) is 8.16. The van der Waals surface area contributed by atoms with Gasteiger partial charge in [-0.15, -0.1) is 0 Å². The van der Waals surface area contributed by atoms with E-state index in [1.165, 1.54) is 0 Å². The number of nitrogens with zero attached hydrogens (tertiary/aromatic N) is 3. The minimum absolute atomic E-state index is 0.579. The number of fused-ring (bicyclic) bond motifs is 6. The molecule has 0 aliphatic rings. The largest absolute Gasteiger partial charge is 0.456 e. The van der Waals surface area contributed by atoms with Crippen molar-refractivity contribution in [3.05, 3.63) is 140 Å². The maximum atomic E-state index is 6.42. The van der Waals surface area contributed by atoms with Gasteiger partial charge in [0, 0.05) is 38.2 Å². The molecule has 0 unspecified atom stereocenters. The van der Waals surface area contributed by atoms with Crippen molar-refractivity contribution >= 4 is 43.9 Å². The first kappa shape index (κ1) is 24.5. The molecule has 9 aromatic rings. The number of aromatic nitrogens is 3. The monoisotopic (exact) mass is 565 g/mol. The number of hydrogen-bond acceptors (Lipinski definition) is 5. The second-order valence-electron chi connectivity index (χ2n) is 10.8. The molecule has 0 spiro atoms. The van der Waals surface area contributed by atoms with E-state index in [2.05, 4.69) is 48.5 Å². The molecule has 0 aliphatic carbocycles. The first-order valence-corrected chi connectivity index (χ1v) is 14.5. The fraction of sp³-hybridized carbons (Fsp3) is 0. The number of para-hydroxylation sites is 1. The van der Waals surface area contributed by atoms with Crippen molar-refractivity contribution in [3.8, 4) is 45.3 Å². The molecule has 5 heteroatoms. The summed E-state index contributed by atoms with van der Waals surface area (Å²) >= 11 is 0. The van der Waals surface area contributed by atoms with E-state index in [1.807, 2.05) is 91.0 Å². The maximum Gasteiger partial charge on any atom is 0.164 e. The SMILES string of the molecule is c1ccc(-c2nc(-c3cccc4oc5ccccc5c34)nc(-c3cccc4oc5cccc(-c6ccccc6)c5c34)n2)cc1. The lowest BCUT2D eigenvalue weighted by atomic mass is 9.97. The highest BCUT2D eigenvalue weighted by molar-refractivity contribution is 6.17. The Labute approximate surface area is 252 Å². The molecule has 0 atom stereocenters. The molecule has 3 heterocycles. The topological polar surface area (TPSA) is 65.0 Å². The average Bonchev–Trinajstić information content (AvgIpc) is 3.67. The molecule has 0 saturated heterocycles. The Balaban J connectivity index is 1.36. The Morgan fingerprint density at radius 1 is 0.318 bits per heavy atom. The van der Waals surface area contributed by atoms with Gasteiger partial charge in [-0.25, -0.2) is 15.0 Å². The minimum Gasteiger partial charge on any atom is -0.456 e. The van der Waals surface area contributed by atoms with Gasteiger partial charge >= 0.3 is 0 Å². The summed E-state index contributed by atoms with van der Waals surface area (Å²) in [4.78, 5) is 15.3. The maximum absolute atomic E-state index is 6.42. The number of benzene rings is 6. The van der Waals surface area contributed by atoms with Gasteiger partial charge < -0.3 is 8.83 Å². The summed E-state index contributed by atoms with van der Waals surface area (Å²) in [5, 5.41) is 4.02. The van der Waals surface area contributed by atoms with Crippen LogP contribution in [-0.2, 0) is 0 Å². The van der Waals surface area contributed by atoms with Crippen LogP contribution >= 0.6 is 0 Å². The average molecular weight is 566 g/mol. The van der Waals surface area contributed by atoms with Crippen LogP contribution in [0.4, 0.5) is 0 Å². The van der Waals surface area contributed by atoms with Crippen molar-refractivity contribution in [2.75, 3.05) is 0 Å². The van der Waals surface area contributed by atoms with Gasteiger partial charge in [0.2, 0.25) is 0 Å². The van der Waals surface area contributed by atoms with Crippen LogP contribution in [0.25, 0.3) is 89.2 Å². The summed E-state index contributed by atoms with van der Waals surface area (Å²) in [5.41, 5.74) is 8.14. The van der Waals surface area contributed by atoms with Crippen LogP contribution in [0, 0.1) is 0 Å². The first-order chi connectivity index (χ1) is 21.8. The molecule has 9 rings (SSSR count). The minimum atomic E-state index is 0.579. The zero-order valence-electron chi connectivity index (χ0n) is 23.4. The molecule has 0 bridgehead atoms. The standard InChI is InChI=1S/C39H23N3O2/c1-3-12-24(13-4-1)26-17-9-22-32-35(26)36-29(19-11-23-33(36)44-32)39-41-37(25-14-5-2-6-15-25)40-38(42-39)28-18-10-21-31-34(28)27-16-7-8-20-30(27)43-31/h1-23H. The van der Waals surface area contributed by atoms with Gasteiger partial charge in [-0.2, -0.15) is 0 Å². The molecule has 0 fully saturated rings. The van der Waals surface area contributed by atoms with E-state index in [9.17, 15) is 0 Å². The summed E-state index contributed by atoms with van der Waals surface area (Å²) in [6.07, 6.45) is 0. The Morgan fingerprint density at radius 2 is 0.773 bits per heavy atom. The van der Waals surface area contributed by atoms with Gasteiger partial charge in [-0.1, -0.05) is 115 Å². The van der Waals surface area contributed by atoms with Crippen LogP contribution in [0.2, 0.25) is 0 Å². The van der Waals surface area contributed by atoms with Crippen LogP contribution < -0.4 is 0 Å². The Morgan fingerprint density at radius 3 is 1.45 bits per heavy atom. The van der Waals surface area contributed by atoms with E-state index < -0.39 is 0 Å². The first-order valence-electron chi connectivity index (χ1n) is 14.5. The summed E-state index contributed by atoms with van der Waals surface area (Å²) in [7, 11) is 0. The summed E-state index contributed by atoms with van der Waals surface area (Å²) in [6, 6.07) is 46.8. The smallest absolute Gasteiger partial charge is 0.164 e. The van der Waals surface area contributed by atoms with E-state index >= 15 is 0 Å². The fourth-order valence-electron chi connectivity index (χ4n) is 6.21. The molecule has 5 nitrogen and oxygen atoms in total. The van der Waals surface area contributed by atoms with Gasteiger partial charge in [-0.05, 0) is 35.4 Å². The van der Waals surface area contributed by atoms with Gasteiger partial charge in [-0.3, -0.25) is 0 Å². The van der Waals surface area contributed by atoms with Crippen LogP contribution in [0.3, 0.4) is 0 Å². The second-order valence-corrected chi connectivity index (χ2v) is 10.8. The third-order valence-electron chi connectivity index (χ3n) is 8.16. The molecule has 0 N–H and O–H groups in total. The van der Waals surface area contributed by atoms with Gasteiger partial charge in [0.05, 0.1) is 0 Å². The molecular weight excluding hydrogens is 542 g/mol. The molecule has 206 valence electrons. The van der Waals surface area contributed by atoms with Crippen molar-refractivity contribution in [2.45, 2.75) is 0 Å². The molecule has 0 aliphatic heterocycles. The molecule has 0 saturated carbocycles. The molecule has 3 aromatic heterocycles. The van der Waals surface area contributed by atoms with Crippen LogP contribution in [-0.4, -0.2) is 15.0 Å². The molecule has 6 aromatic carbocycles. The van der Waals surface area contributed by atoms with E-state index in [-0.39, 0.29) is 0 Å². The van der Waals surface area contributed by atoms with E-state index in [0.29, 0.717) is 17.5 Å². The van der Waals surface area contributed by atoms with E-state index in [1.54, 1.807) is 0 Å². The highest BCUT2D eigenvalue weighted by atomic mass is 16.3. The fourth-order valence-corrected chi connectivity index (χ4v) is 6.21. The molecule has 0 radical (unpaired) electrons. The Hall–Kier alpha value is -6.07. The normalized spacial score (nSPS) is 11.6. The zero-order valence-corrected chi connectivity index (χ0v) is 23.4. The lowest BCUT2D eigenvalue weighted by Crippen LogP contribution is -2.00. The van der Waals surface area contributed by atoms with Crippen LogP contribution in [0.1, 0.15) is 0 Å². The van der Waals surface area contributed by atoms with Gasteiger partial charge in [0.15, 0.2) is 17.5 Å². The summed E-state index contributed by atoms with van der Waals surface area (Å²) in [5.74, 6) is 1.76. The van der Waals surface area contributed by atoms with E-state index in [4.69, 9.17) is 23.8 Å². The van der Waals surface area contributed by atoms with E-state index in [0.717, 1.165) is 71.7 Å². The van der Waals surface area contributed by atoms with Crippen molar-refractivity contribution < 1.29 is 8.83 Å². The third kappa shape index (κ3) is 3.83. The highest BCUT2D eigenvalue weighted by Crippen LogP contribution is 2.42. The molecule has 44 heavy (non-hydrogen) atoms. The van der Waals surface area contributed by atoms with Gasteiger partial charge in [0.25, 0.3) is 0 Å². The number of hydrogen-bond donors (Lipinski definition) is 0. The Bertz CT molecular complexity index is 2500. The summed E-state index contributed by atoms with van der Waals surface area (Å²) in [6.45, 7) is 0. The molecular formula is C39H23N3O2. The zero-order chi connectivity index (χ0) is 29.0.